The molecule has 0 aliphatic carbocycles. The minimum absolute atomic E-state index is 0. The molecule has 0 atom stereocenters. The Morgan fingerprint density at radius 2 is 1.93 bits per heavy atom. The number of hydrogen-bond donors (Lipinski definition) is 2. The van der Waals surface area contributed by atoms with Crippen molar-refractivity contribution in [1.29, 1.82) is 0 Å². The second-order valence-corrected chi connectivity index (χ2v) is 2.58. The predicted octanol–water partition coefficient (Wildman–Crippen LogP) is -1.87. The third kappa shape index (κ3) is 4.63. The fraction of sp³-hybridized carbons (Fsp3) is 0.111. The van der Waals surface area contributed by atoms with Crippen LogP contribution in [0.25, 0.3) is 0 Å². The zero-order chi connectivity index (χ0) is 9.84. The van der Waals surface area contributed by atoms with E-state index in [-0.39, 0.29) is 82.3 Å². The van der Waals surface area contributed by atoms with Gasteiger partial charge in [0.15, 0.2) is 0 Å². The van der Waals surface area contributed by atoms with Gasteiger partial charge in [0.25, 0.3) is 0 Å². The molecule has 0 bridgehead atoms. The molecule has 0 heterocycles. The molecule has 5 heteroatoms. The zero-order valence-corrected chi connectivity index (χ0v) is 14.0. The van der Waals surface area contributed by atoms with Crippen molar-refractivity contribution in [2.45, 2.75) is 6.42 Å². The van der Waals surface area contributed by atoms with Crippen LogP contribution in [0.15, 0.2) is 24.3 Å². The second-order valence-electron chi connectivity index (χ2n) is 2.58. The van der Waals surface area contributed by atoms with Crippen LogP contribution in [0.1, 0.15) is 17.3 Å². The van der Waals surface area contributed by atoms with Crippen LogP contribution in [0.2, 0.25) is 0 Å². The topological polar surface area (TPSA) is 74.6 Å². The summed E-state index contributed by atoms with van der Waals surface area (Å²) in [7, 11) is 0. The number of hydrogen-bond acceptors (Lipinski definition) is 2. The maximum absolute atomic E-state index is 10.5. The number of carboxylic acids is 2. The molecule has 0 saturated heterocycles. The van der Waals surface area contributed by atoms with Crippen LogP contribution in [0, 0.1) is 0 Å². The fourth-order valence-electron chi connectivity index (χ4n) is 0.989. The van der Waals surface area contributed by atoms with Crippen LogP contribution in [-0.2, 0) is 11.2 Å². The van der Waals surface area contributed by atoms with Crippen LogP contribution in [0.4, 0.5) is 0 Å². The Kier molecular flexibility index (Phi) is 6.75. The van der Waals surface area contributed by atoms with Gasteiger partial charge in [0, 0.05) is 0 Å². The molecule has 2 N–H and O–H groups in total. The van der Waals surface area contributed by atoms with E-state index in [1.165, 1.54) is 18.2 Å². The predicted molar refractivity (Wildman–Crippen MR) is 45.9 cm³/mol. The van der Waals surface area contributed by atoms with Crippen LogP contribution in [0.3, 0.4) is 0 Å². The molecule has 14 heavy (non-hydrogen) atoms. The van der Waals surface area contributed by atoms with E-state index in [1.54, 1.807) is 6.07 Å². The molecule has 0 saturated carbocycles. The number of carboxylic acid groups (broad SMARTS) is 2. The van der Waals surface area contributed by atoms with Gasteiger partial charge in [-0.05, 0) is 17.7 Å². The van der Waals surface area contributed by atoms with Gasteiger partial charge in [0.05, 0.1) is 12.0 Å². The van der Waals surface area contributed by atoms with E-state index in [0.717, 1.165) is 0 Å². The molecule has 0 aliphatic rings. The molecule has 0 aromatic heterocycles. The quantitative estimate of drug-likeness (QED) is 0.685. The van der Waals surface area contributed by atoms with Crippen LogP contribution in [-0.4, -0.2) is 22.2 Å². The summed E-state index contributed by atoms with van der Waals surface area (Å²) in [4.78, 5) is 20.8. The van der Waals surface area contributed by atoms with Gasteiger partial charge in [-0.3, -0.25) is 4.79 Å². The van der Waals surface area contributed by atoms with Crippen molar-refractivity contribution in [3.05, 3.63) is 35.4 Å². The van der Waals surface area contributed by atoms with Gasteiger partial charge < -0.3 is 11.6 Å². The van der Waals surface area contributed by atoms with E-state index in [0.29, 0.717) is 5.56 Å². The molecule has 4 nitrogen and oxygen atoms in total. The third-order valence-corrected chi connectivity index (χ3v) is 1.53. The maximum atomic E-state index is 10.5. The van der Waals surface area contributed by atoms with E-state index in [2.05, 4.69) is 0 Å². The van der Waals surface area contributed by atoms with Gasteiger partial charge in [-0.2, -0.15) is 0 Å². The van der Waals surface area contributed by atoms with Crippen molar-refractivity contribution in [2.75, 3.05) is 0 Å². The number of aromatic carboxylic acids is 1. The molecule has 1 aromatic rings. The van der Waals surface area contributed by atoms with Gasteiger partial charge in [0.1, 0.15) is 0 Å². The van der Waals surface area contributed by atoms with Gasteiger partial charge in [-0.1, -0.05) is 12.1 Å². The smallest absolute Gasteiger partial charge is 1.00 e. The van der Waals surface area contributed by atoms with Crippen molar-refractivity contribution < 1.29 is 90.1 Å². The van der Waals surface area contributed by atoms with Gasteiger partial charge in [-0.15, -0.1) is 0 Å². The van der Waals surface area contributed by atoms with E-state index >= 15 is 0 Å². The fourth-order valence-corrected chi connectivity index (χ4v) is 0.989. The first kappa shape index (κ1) is 14.2. The van der Waals surface area contributed by atoms with Crippen molar-refractivity contribution in [2.24, 2.45) is 0 Å². The van der Waals surface area contributed by atoms with Crippen molar-refractivity contribution in [3.8, 4) is 0 Å². The molecular formula is C9H9CsO4. The van der Waals surface area contributed by atoms with Crippen LogP contribution in [0.5, 0.6) is 0 Å². The standard InChI is InChI=1S/C9H8O4.Cs.H/c10-8(11)5-6-2-1-3-7(4-6)9(12)13;;/h1-4H,5H2,(H,10,11)(H,12,13);;/q;+1;-1. The zero-order valence-electron chi connectivity index (χ0n) is 8.73. The summed E-state index contributed by atoms with van der Waals surface area (Å²) in [5, 5.41) is 17.0. The summed E-state index contributed by atoms with van der Waals surface area (Å²) in [5.74, 6) is -2.02. The van der Waals surface area contributed by atoms with Crippen LogP contribution >= 0.6 is 0 Å². The summed E-state index contributed by atoms with van der Waals surface area (Å²) in [6, 6.07) is 5.90. The largest absolute Gasteiger partial charge is 1.00 e. The Morgan fingerprint density at radius 1 is 1.29 bits per heavy atom. The third-order valence-electron chi connectivity index (χ3n) is 1.53. The van der Waals surface area contributed by atoms with Gasteiger partial charge in [0.2, 0.25) is 0 Å². The number of rotatable bonds is 3. The van der Waals surface area contributed by atoms with Gasteiger partial charge >= 0.3 is 80.8 Å². The maximum Gasteiger partial charge on any atom is 1.00 e. The number of carbonyl (C=O) groups is 2. The molecule has 0 amide bonds. The Labute approximate surface area is 141 Å². The Hall–Kier alpha value is 0.212. The summed E-state index contributed by atoms with van der Waals surface area (Å²) in [6.07, 6.45) is -0.152. The summed E-state index contributed by atoms with van der Waals surface area (Å²) < 4.78 is 0. The molecule has 0 aliphatic heterocycles. The Balaban J connectivity index is 0. The minimum atomic E-state index is -1.05. The number of benzene rings is 1. The Bertz CT molecular complexity index is 354. The normalized spacial score (nSPS) is 8.86. The molecular weight excluding hydrogens is 305 g/mol. The van der Waals surface area contributed by atoms with Crippen molar-refractivity contribution in [3.63, 3.8) is 0 Å². The molecule has 0 unspecified atom stereocenters. The minimum Gasteiger partial charge on any atom is -1.00 e. The average molecular weight is 314 g/mol. The summed E-state index contributed by atoms with van der Waals surface area (Å²) in [6.45, 7) is 0. The first-order valence-electron chi connectivity index (χ1n) is 3.63. The molecule has 0 radical (unpaired) electrons. The van der Waals surface area contributed by atoms with Crippen molar-refractivity contribution in [1.82, 2.24) is 0 Å². The Morgan fingerprint density at radius 3 is 2.43 bits per heavy atom. The SMILES string of the molecule is O=C(O)Cc1cccc(C(=O)O)c1.[Cs+].[H-]. The average Bonchev–Trinajstić information content (AvgIpc) is 2.03. The first-order valence-corrected chi connectivity index (χ1v) is 3.63. The number of aliphatic carboxylic acids is 1. The molecule has 1 rings (SSSR count). The van der Waals surface area contributed by atoms with Crippen molar-refractivity contribution >= 4 is 11.9 Å². The molecule has 0 spiro atoms. The summed E-state index contributed by atoms with van der Waals surface area (Å²) in [5.41, 5.74) is 0.603. The molecule has 70 valence electrons. The van der Waals surface area contributed by atoms with E-state index < -0.39 is 11.9 Å². The van der Waals surface area contributed by atoms with E-state index in [1.807, 2.05) is 0 Å². The molecule has 0 fully saturated rings. The molecule has 1 aromatic carbocycles. The van der Waals surface area contributed by atoms with Gasteiger partial charge in [-0.25, -0.2) is 4.79 Å². The van der Waals surface area contributed by atoms with E-state index in [4.69, 9.17) is 10.2 Å². The van der Waals surface area contributed by atoms with E-state index in [9.17, 15) is 9.59 Å². The van der Waals surface area contributed by atoms with Crippen LogP contribution < -0.4 is 68.9 Å². The first-order chi connectivity index (χ1) is 6.09. The monoisotopic (exact) mass is 314 g/mol. The summed E-state index contributed by atoms with van der Waals surface area (Å²) >= 11 is 0. The second kappa shape index (κ2) is 6.65.